The predicted molar refractivity (Wildman–Crippen MR) is 115 cm³/mol. The van der Waals surface area contributed by atoms with Gasteiger partial charge in [-0.3, -0.25) is 4.79 Å². The molecule has 0 heterocycles. The zero-order valence-corrected chi connectivity index (χ0v) is 17.3. The van der Waals surface area contributed by atoms with E-state index in [1.165, 1.54) is 16.7 Å². The molecule has 4 atom stereocenters. The van der Waals surface area contributed by atoms with Crippen LogP contribution in [-0.2, 0) is 11.2 Å². The Morgan fingerprint density at radius 2 is 1.90 bits per heavy atom. The zero-order valence-electron chi connectivity index (χ0n) is 17.3. The normalized spacial score (nSPS) is 35.8. The molecule has 4 aliphatic rings. The van der Waals surface area contributed by atoms with Gasteiger partial charge in [0, 0.05) is 11.8 Å². The second kappa shape index (κ2) is 6.99. The minimum absolute atomic E-state index is 0.169. The summed E-state index contributed by atoms with van der Waals surface area (Å²) in [4.78, 5) is 11.9. The Labute approximate surface area is 174 Å². The maximum absolute atomic E-state index is 11.9. The van der Waals surface area contributed by atoms with Crippen molar-refractivity contribution in [3.05, 3.63) is 58.7 Å². The molecule has 2 nitrogen and oxygen atoms in total. The average Bonchev–Trinajstić information content (AvgIpc) is 3.01. The van der Waals surface area contributed by atoms with E-state index in [1.807, 2.05) is 13.0 Å². The molecule has 0 spiro atoms. The van der Waals surface area contributed by atoms with Crippen molar-refractivity contribution < 1.29 is 9.90 Å². The molecule has 0 aromatic heterocycles. The van der Waals surface area contributed by atoms with Crippen LogP contribution in [0, 0.1) is 29.1 Å². The molecule has 150 valence electrons. The fourth-order valence-corrected chi connectivity index (χ4v) is 7.09. The number of benzene rings is 1. The van der Waals surface area contributed by atoms with Crippen LogP contribution >= 0.6 is 0 Å². The number of carbonyl (C=O) groups is 1. The van der Waals surface area contributed by atoms with Gasteiger partial charge in [0.25, 0.3) is 0 Å². The van der Waals surface area contributed by atoms with Gasteiger partial charge >= 0.3 is 0 Å². The zero-order chi connectivity index (χ0) is 20.1. The Kier molecular flexibility index (Phi) is 4.56. The van der Waals surface area contributed by atoms with Crippen molar-refractivity contribution in [2.24, 2.45) is 17.3 Å². The third-order valence-electron chi connectivity index (χ3n) is 8.28. The highest BCUT2D eigenvalue weighted by atomic mass is 16.3. The standard InChI is InChI=1S/C27H30O2/c1-2-14-27(29)16-13-25-24-10-8-20-17-21(28)9-11-22(20)23(24)12-15-26(25,27)18-19-6-4-3-5-7-19/h3-7,17,24-25,29H,8-13,15-16,18H2,1H3/t24-,25+,26-,27+/m1/s1. The summed E-state index contributed by atoms with van der Waals surface area (Å²) in [6.45, 7) is 1.86. The van der Waals surface area contributed by atoms with E-state index in [0.29, 0.717) is 24.0 Å². The van der Waals surface area contributed by atoms with E-state index in [1.54, 1.807) is 5.57 Å². The molecule has 4 aliphatic carbocycles. The number of hydrogen-bond acceptors (Lipinski definition) is 2. The first-order valence-electron chi connectivity index (χ1n) is 11.2. The maximum atomic E-state index is 11.9. The van der Waals surface area contributed by atoms with E-state index in [2.05, 4.69) is 42.2 Å². The molecule has 29 heavy (non-hydrogen) atoms. The van der Waals surface area contributed by atoms with Gasteiger partial charge < -0.3 is 5.11 Å². The molecule has 5 rings (SSSR count). The molecule has 0 radical (unpaired) electrons. The lowest BCUT2D eigenvalue weighted by Crippen LogP contribution is -2.52. The minimum atomic E-state index is -0.892. The number of aliphatic hydroxyl groups is 1. The number of allylic oxidation sites excluding steroid dienone is 4. The molecule has 0 amide bonds. The minimum Gasteiger partial charge on any atom is -0.377 e. The summed E-state index contributed by atoms with van der Waals surface area (Å²) in [6.07, 6.45) is 10.4. The molecule has 1 aromatic carbocycles. The van der Waals surface area contributed by atoms with Crippen molar-refractivity contribution in [1.82, 2.24) is 0 Å². The summed E-state index contributed by atoms with van der Waals surface area (Å²) in [5.74, 6) is 7.64. The molecular weight excluding hydrogens is 356 g/mol. The van der Waals surface area contributed by atoms with E-state index in [9.17, 15) is 9.90 Å². The lowest BCUT2D eigenvalue weighted by atomic mass is 9.52. The van der Waals surface area contributed by atoms with Gasteiger partial charge in [0.2, 0.25) is 0 Å². The third-order valence-corrected chi connectivity index (χ3v) is 8.28. The van der Waals surface area contributed by atoms with Crippen LogP contribution in [0.25, 0.3) is 0 Å². The monoisotopic (exact) mass is 386 g/mol. The van der Waals surface area contributed by atoms with Crippen LogP contribution in [0.2, 0.25) is 0 Å². The van der Waals surface area contributed by atoms with Crippen molar-refractivity contribution in [2.45, 2.75) is 70.3 Å². The molecule has 0 bridgehead atoms. The van der Waals surface area contributed by atoms with Gasteiger partial charge in [0.05, 0.1) is 0 Å². The molecule has 2 fully saturated rings. The van der Waals surface area contributed by atoms with E-state index >= 15 is 0 Å². The Bertz CT molecular complexity index is 957. The van der Waals surface area contributed by atoms with Gasteiger partial charge in [-0.1, -0.05) is 41.8 Å². The van der Waals surface area contributed by atoms with Crippen LogP contribution in [0.3, 0.4) is 0 Å². The summed E-state index contributed by atoms with van der Waals surface area (Å²) in [6, 6.07) is 10.7. The van der Waals surface area contributed by atoms with Crippen molar-refractivity contribution >= 4 is 5.78 Å². The van der Waals surface area contributed by atoms with Crippen LogP contribution in [0.15, 0.2) is 53.1 Å². The number of ketones is 1. The Balaban J connectivity index is 1.58. The van der Waals surface area contributed by atoms with Crippen LogP contribution in [0.1, 0.15) is 63.9 Å². The van der Waals surface area contributed by atoms with Gasteiger partial charge in [-0.15, -0.1) is 5.92 Å². The summed E-state index contributed by atoms with van der Waals surface area (Å²) >= 11 is 0. The van der Waals surface area contributed by atoms with Crippen molar-refractivity contribution in [3.63, 3.8) is 0 Å². The van der Waals surface area contributed by atoms with E-state index < -0.39 is 5.60 Å². The quantitative estimate of drug-likeness (QED) is 0.712. The number of fused-ring (bicyclic) bond motifs is 4. The summed E-state index contributed by atoms with van der Waals surface area (Å²) < 4.78 is 0. The molecule has 0 unspecified atom stereocenters. The first-order valence-corrected chi connectivity index (χ1v) is 11.2. The van der Waals surface area contributed by atoms with Crippen molar-refractivity contribution in [2.75, 3.05) is 0 Å². The Hall–Kier alpha value is -2.11. The Morgan fingerprint density at radius 1 is 1.07 bits per heavy atom. The summed E-state index contributed by atoms with van der Waals surface area (Å²) in [5.41, 5.74) is 4.66. The van der Waals surface area contributed by atoms with Gasteiger partial charge in [-0.2, -0.15) is 0 Å². The van der Waals surface area contributed by atoms with Gasteiger partial charge in [-0.25, -0.2) is 0 Å². The third kappa shape index (κ3) is 2.86. The molecule has 1 aromatic rings. The lowest BCUT2D eigenvalue weighted by molar-refractivity contribution is -0.114. The molecule has 0 saturated heterocycles. The number of rotatable bonds is 2. The molecule has 1 N–H and O–H groups in total. The van der Waals surface area contributed by atoms with Crippen molar-refractivity contribution in [3.8, 4) is 11.8 Å². The smallest absolute Gasteiger partial charge is 0.156 e. The SMILES string of the molecule is CC#C[C@]1(O)CC[C@H]2[C@@H]3CCC4=CC(=O)CCC4=C3CC[C@@]21Cc1ccccc1. The van der Waals surface area contributed by atoms with E-state index in [0.717, 1.165) is 51.4 Å². The van der Waals surface area contributed by atoms with E-state index in [4.69, 9.17) is 0 Å². The van der Waals surface area contributed by atoms with Gasteiger partial charge in [0.15, 0.2) is 5.78 Å². The first kappa shape index (κ1) is 18.9. The van der Waals surface area contributed by atoms with Crippen LogP contribution in [0.5, 0.6) is 0 Å². The first-order chi connectivity index (χ1) is 14.1. The Morgan fingerprint density at radius 3 is 2.69 bits per heavy atom. The largest absolute Gasteiger partial charge is 0.377 e. The van der Waals surface area contributed by atoms with Crippen molar-refractivity contribution in [1.29, 1.82) is 0 Å². The average molecular weight is 387 g/mol. The van der Waals surface area contributed by atoms with Crippen LogP contribution < -0.4 is 0 Å². The fraction of sp³-hybridized carbons (Fsp3) is 0.519. The second-order valence-corrected chi connectivity index (χ2v) is 9.48. The fourth-order valence-electron chi connectivity index (χ4n) is 7.09. The van der Waals surface area contributed by atoms with Gasteiger partial charge in [0.1, 0.15) is 5.60 Å². The highest BCUT2D eigenvalue weighted by Crippen LogP contribution is 2.64. The summed E-state index contributed by atoms with van der Waals surface area (Å²) in [5, 5.41) is 11.8. The lowest BCUT2D eigenvalue weighted by Gasteiger charge is -2.52. The maximum Gasteiger partial charge on any atom is 0.156 e. The molecule has 0 aliphatic heterocycles. The van der Waals surface area contributed by atoms with E-state index in [-0.39, 0.29) is 5.41 Å². The van der Waals surface area contributed by atoms with Crippen LogP contribution in [0.4, 0.5) is 0 Å². The highest BCUT2D eigenvalue weighted by molar-refractivity contribution is 5.93. The number of carbonyl (C=O) groups excluding carboxylic acids is 1. The summed E-state index contributed by atoms with van der Waals surface area (Å²) in [7, 11) is 0. The molecule has 2 heteroatoms. The van der Waals surface area contributed by atoms with Crippen LogP contribution in [-0.4, -0.2) is 16.5 Å². The number of hydrogen-bond donors (Lipinski definition) is 1. The second-order valence-electron chi connectivity index (χ2n) is 9.48. The molecular formula is C27H30O2. The molecule has 2 saturated carbocycles. The topological polar surface area (TPSA) is 37.3 Å². The predicted octanol–water partition coefficient (Wildman–Crippen LogP) is 5.17. The highest BCUT2D eigenvalue weighted by Gasteiger charge is 2.62. The van der Waals surface area contributed by atoms with Gasteiger partial charge in [-0.05, 0) is 92.9 Å².